The van der Waals surface area contributed by atoms with Crippen LogP contribution in [0.4, 0.5) is 0 Å². The van der Waals surface area contributed by atoms with E-state index >= 15 is 0 Å². The quantitative estimate of drug-likeness (QED) is 0.632. The van der Waals surface area contributed by atoms with Crippen LogP contribution in [0.2, 0.25) is 0 Å². The maximum atomic E-state index is 7.65. The smallest absolute Gasteiger partial charge is 0.127 e. The third-order valence-electron chi connectivity index (χ3n) is 3.69. The molecule has 0 atom stereocenters. The molecule has 2 rings (SSSR count). The number of benzene rings is 2. The number of nitrogens with one attached hydrogen (secondary N) is 1. The molecule has 0 aliphatic carbocycles. The van der Waals surface area contributed by atoms with Gasteiger partial charge in [0.1, 0.15) is 11.6 Å². The van der Waals surface area contributed by atoms with Crippen LogP contribution in [0, 0.1) is 5.41 Å². The van der Waals surface area contributed by atoms with Gasteiger partial charge in [-0.1, -0.05) is 24.3 Å². The summed E-state index contributed by atoms with van der Waals surface area (Å²) in [5, 5.41) is 9.56. The number of fused-ring (bicyclic) bond motifs is 1. The summed E-state index contributed by atoms with van der Waals surface area (Å²) in [5.41, 5.74) is 6.16. The molecule has 0 heterocycles. The van der Waals surface area contributed by atoms with Crippen LogP contribution >= 0.6 is 0 Å². The van der Waals surface area contributed by atoms with Crippen molar-refractivity contribution in [1.82, 2.24) is 0 Å². The molecule has 4 heteroatoms. The van der Waals surface area contributed by atoms with Gasteiger partial charge in [-0.2, -0.15) is 0 Å². The maximum absolute atomic E-state index is 7.65. The summed E-state index contributed by atoms with van der Waals surface area (Å²) in [6.45, 7) is 4.64. The Morgan fingerprint density at radius 3 is 2.43 bits per heavy atom. The van der Waals surface area contributed by atoms with E-state index in [-0.39, 0.29) is 11.4 Å². The number of nitrogen functional groups attached to an aromatic ring is 1. The largest absolute Gasteiger partial charge is 0.493 e. The van der Waals surface area contributed by atoms with Crippen molar-refractivity contribution in [3.05, 3.63) is 42.0 Å². The highest BCUT2D eigenvalue weighted by atomic mass is 16.5. The Morgan fingerprint density at radius 1 is 1.14 bits per heavy atom. The number of hydrogen-bond acceptors (Lipinski definition) is 3. The molecule has 0 saturated heterocycles. The van der Waals surface area contributed by atoms with Crippen LogP contribution < -0.4 is 10.5 Å². The fraction of sp³-hybridized carbons (Fsp3) is 0.353. The summed E-state index contributed by atoms with van der Waals surface area (Å²) >= 11 is 0. The Bertz CT molecular complexity index is 650. The van der Waals surface area contributed by atoms with Crippen LogP contribution in [-0.4, -0.2) is 25.2 Å². The average Bonchev–Trinajstić information content (AvgIpc) is 2.47. The lowest BCUT2D eigenvalue weighted by atomic mass is 10.0. The van der Waals surface area contributed by atoms with Crippen molar-refractivity contribution >= 4 is 16.6 Å². The highest BCUT2D eigenvalue weighted by molar-refractivity contribution is 6.09. The molecular weight excluding hydrogens is 264 g/mol. The molecule has 0 aromatic heterocycles. The number of amidine groups is 1. The van der Waals surface area contributed by atoms with E-state index in [2.05, 4.69) is 0 Å². The van der Waals surface area contributed by atoms with E-state index < -0.39 is 0 Å². The van der Waals surface area contributed by atoms with Crippen molar-refractivity contribution in [3.63, 3.8) is 0 Å². The highest BCUT2D eigenvalue weighted by Crippen LogP contribution is 2.29. The average molecular weight is 286 g/mol. The molecule has 2 aromatic rings. The number of ether oxygens (including phenoxy) is 2. The molecule has 0 spiro atoms. The molecule has 0 fully saturated rings. The van der Waals surface area contributed by atoms with E-state index in [1.165, 1.54) is 0 Å². The van der Waals surface area contributed by atoms with Crippen LogP contribution in [0.5, 0.6) is 5.75 Å². The Kier molecular flexibility index (Phi) is 4.48. The molecule has 0 saturated carbocycles. The van der Waals surface area contributed by atoms with Gasteiger partial charge in [0.15, 0.2) is 0 Å². The van der Waals surface area contributed by atoms with Gasteiger partial charge in [0.2, 0.25) is 0 Å². The van der Waals surface area contributed by atoms with Crippen molar-refractivity contribution in [2.45, 2.75) is 25.9 Å². The lowest BCUT2D eigenvalue weighted by Gasteiger charge is -2.23. The first-order valence-corrected chi connectivity index (χ1v) is 6.99. The summed E-state index contributed by atoms with van der Waals surface area (Å²) in [4.78, 5) is 0. The van der Waals surface area contributed by atoms with Gasteiger partial charge in [-0.05, 0) is 31.4 Å². The topological polar surface area (TPSA) is 68.3 Å². The van der Waals surface area contributed by atoms with Crippen LogP contribution in [0.1, 0.15) is 25.8 Å². The van der Waals surface area contributed by atoms with Crippen LogP contribution in [0.15, 0.2) is 36.4 Å². The lowest BCUT2D eigenvalue weighted by molar-refractivity contribution is 0.00558. The van der Waals surface area contributed by atoms with Crippen LogP contribution in [-0.2, 0) is 4.74 Å². The molecule has 3 N–H and O–H groups in total. The predicted octanol–water partition coefficient (Wildman–Crippen LogP) is 3.32. The Morgan fingerprint density at radius 2 is 1.81 bits per heavy atom. The Balaban J connectivity index is 2.26. The van der Waals surface area contributed by atoms with Gasteiger partial charge < -0.3 is 15.2 Å². The number of nitrogens with two attached hydrogens (primary N) is 1. The van der Waals surface area contributed by atoms with E-state index in [4.69, 9.17) is 20.6 Å². The summed E-state index contributed by atoms with van der Waals surface area (Å²) in [6, 6.07) is 11.5. The Hall–Kier alpha value is -2.07. The third kappa shape index (κ3) is 3.52. The van der Waals surface area contributed by atoms with Crippen molar-refractivity contribution in [3.8, 4) is 5.75 Å². The van der Waals surface area contributed by atoms with E-state index in [0.717, 1.165) is 28.5 Å². The molecule has 4 nitrogen and oxygen atoms in total. The Labute approximate surface area is 125 Å². The minimum atomic E-state index is -0.199. The molecule has 21 heavy (non-hydrogen) atoms. The third-order valence-corrected chi connectivity index (χ3v) is 3.69. The molecule has 112 valence electrons. The summed E-state index contributed by atoms with van der Waals surface area (Å²) in [6.07, 6.45) is 0.798. The zero-order valence-corrected chi connectivity index (χ0v) is 12.8. The normalized spacial score (nSPS) is 11.6. The van der Waals surface area contributed by atoms with Gasteiger partial charge >= 0.3 is 0 Å². The fourth-order valence-electron chi connectivity index (χ4n) is 2.14. The molecule has 0 radical (unpaired) electrons. The molecule has 0 aliphatic rings. The van der Waals surface area contributed by atoms with Gasteiger partial charge in [-0.25, -0.2) is 0 Å². The van der Waals surface area contributed by atoms with Crippen LogP contribution in [0.3, 0.4) is 0 Å². The zero-order valence-electron chi connectivity index (χ0n) is 12.8. The monoisotopic (exact) mass is 286 g/mol. The van der Waals surface area contributed by atoms with E-state index in [1.54, 1.807) is 7.11 Å². The number of rotatable bonds is 6. The van der Waals surface area contributed by atoms with Crippen LogP contribution in [0.25, 0.3) is 10.8 Å². The maximum Gasteiger partial charge on any atom is 0.127 e. The first-order valence-electron chi connectivity index (χ1n) is 6.99. The van der Waals surface area contributed by atoms with E-state index in [0.29, 0.717) is 6.61 Å². The van der Waals surface area contributed by atoms with E-state index in [1.807, 2.05) is 50.2 Å². The van der Waals surface area contributed by atoms with Gasteiger partial charge in [-0.15, -0.1) is 0 Å². The number of methoxy groups -OCH3 is 1. The molecule has 0 amide bonds. The lowest BCUT2D eigenvalue weighted by Crippen LogP contribution is -2.25. The SMILES string of the molecule is COC(C)(C)CCOc1ccc(C(=N)N)c2ccccc12. The zero-order chi connectivity index (χ0) is 15.5. The first kappa shape index (κ1) is 15.3. The fourth-order valence-corrected chi connectivity index (χ4v) is 2.14. The summed E-state index contributed by atoms with van der Waals surface area (Å²) in [5.74, 6) is 0.876. The molecule has 0 unspecified atom stereocenters. The second kappa shape index (κ2) is 6.14. The molecular formula is C17H22N2O2. The molecule has 0 bridgehead atoms. The van der Waals surface area contributed by atoms with Gasteiger partial charge in [0.25, 0.3) is 0 Å². The van der Waals surface area contributed by atoms with Gasteiger partial charge in [0, 0.05) is 24.5 Å². The second-order valence-electron chi connectivity index (χ2n) is 5.63. The second-order valence-corrected chi connectivity index (χ2v) is 5.63. The van der Waals surface area contributed by atoms with Crippen molar-refractivity contribution in [2.75, 3.05) is 13.7 Å². The van der Waals surface area contributed by atoms with Gasteiger partial charge in [0.05, 0.1) is 12.2 Å². The van der Waals surface area contributed by atoms with Crippen molar-refractivity contribution < 1.29 is 9.47 Å². The predicted molar refractivity (Wildman–Crippen MR) is 86.2 cm³/mol. The van der Waals surface area contributed by atoms with Crippen molar-refractivity contribution in [1.29, 1.82) is 5.41 Å². The first-order chi connectivity index (χ1) is 9.94. The van der Waals surface area contributed by atoms with Crippen molar-refractivity contribution in [2.24, 2.45) is 5.73 Å². The summed E-state index contributed by atoms with van der Waals surface area (Å²) < 4.78 is 11.3. The van der Waals surface area contributed by atoms with Gasteiger partial charge in [-0.3, -0.25) is 5.41 Å². The minimum Gasteiger partial charge on any atom is -0.493 e. The van der Waals surface area contributed by atoms with E-state index in [9.17, 15) is 0 Å². The summed E-state index contributed by atoms with van der Waals surface area (Å²) in [7, 11) is 1.71. The number of hydrogen-bond donors (Lipinski definition) is 2. The standard InChI is InChI=1S/C17H22N2O2/c1-17(2,20-3)10-11-21-15-9-8-14(16(18)19)12-6-4-5-7-13(12)15/h4-9H,10-11H2,1-3H3,(H3,18,19). The molecule has 2 aromatic carbocycles. The highest BCUT2D eigenvalue weighted by Gasteiger charge is 2.16. The molecule has 0 aliphatic heterocycles. The minimum absolute atomic E-state index is 0.0678.